The van der Waals surface area contributed by atoms with Gasteiger partial charge in [-0.15, -0.1) is 0 Å². The summed E-state index contributed by atoms with van der Waals surface area (Å²) < 4.78 is 17.2. The highest BCUT2D eigenvalue weighted by Gasteiger charge is 2.25. The number of esters is 2. The normalized spacial score (nSPS) is 13.2. The van der Waals surface area contributed by atoms with Gasteiger partial charge in [0.15, 0.2) is 6.10 Å². The molecule has 0 amide bonds. The van der Waals surface area contributed by atoms with E-state index in [9.17, 15) is 19.5 Å². The van der Waals surface area contributed by atoms with Crippen LogP contribution in [0.25, 0.3) is 0 Å². The highest BCUT2D eigenvalue weighted by atomic mass is 16.6. The number of hydrogen-bond acceptors (Lipinski definition) is 7. The van der Waals surface area contributed by atoms with Crippen LogP contribution in [-0.2, 0) is 28.6 Å². The van der Waals surface area contributed by atoms with Gasteiger partial charge < -0.3 is 28.6 Å². The van der Waals surface area contributed by atoms with Crippen LogP contribution in [0, 0.1) is 0 Å². The van der Waals surface area contributed by atoms with Crippen LogP contribution in [0.15, 0.2) is 36.5 Å². The average molecular weight is 846 g/mol. The lowest BCUT2D eigenvalue weighted by molar-refractivity contribution is -0.889. The molecule has 0 aromatic heterocycles. The number of hydrogen-bond donors (Lipinski definition) is 0. The monoisotopic (exact) mass is 846 g/mol. The molecule has 0 rings (SSSR count). The van der Waals surface area contributed by atoms with E-state index in [1.54, 1.807) is 21.1 Å². The van der Waals surface area contributed by atoms with E-state index < -0.39 is 18.1 Å². The standard InChI is InChI=1S/C52H95NO7/c1-6-8-10-12-14-16-18-20-21-22-23-24-25-26-27-28-29-31-32-34-36-38-40-42-50(54)59-47-48(46-58-45-44-49(52(56)57)53(3,4)5)60-51(55)43-41-39-37-35-33-30-19-17-15-13-11-9-7-2/h9,11,13,15,17,19,48-49H,6-8,10,12,14,16,18,20-47H2,1-5H3/b11-9+,15-13+,19-17+. The Morgan fingerprint density at radius 2 is 0.933 bits per heavy atom. The summed E-state index contributed by atoms with van der Waals surface area (Å²) in [6.07, 6.45) is 50.4. The maximum absolute atomic E-state index is 12.7. The van der Waals surface area contributed by atoms with Crippen LogP contribution in [0.2, 0.25) is 0 Å². The van der Waals surface area contributed by atoms with Crippen molar-refractivity contribution in [2.75, 3.05) is 41.0 Å². The molecule has 0 aliphatic rings. The Balaban J connectivity index is 4.16. The maximum Gasteiger partial charge on any atom is 0.306 e. The molecule has 2 atom stereocenters. The summed E-state index contributed by atoms with van der Waals surface area (Å²) in [6.45, 7) is 4.54. The van der Waals surface area contributed by atoms with Gasteiger partial charge in [-0.1, -0.05) is 211 Å². The second kappa shape index (κ2) is 43.2. The van der Waals surface area contributed by atoms with Crippen molar-refractivity contribution in [3.8, 4) is 0 Å². The number of carbonyl (C=O) groups is 3. The van der Waals surface area contributed by atoms with Crippen molar-refractivity contribution in [2.24, 2.45) is 0 Å². The number of likely N-dealkylation sites (N-methyl/N-ethyl adjacent to an activating group) is 1. The average Bonchev–Trinajstić information content (AvgIpc) is 3.21. The Bertz CT molecular complexity index is 1080. The van der Waals surface area contributed by atoms with Gasteiger partial charge >= 0.3 is 11.9 Å². The molecule has 0 saturated heterocycles. The fraction of sp³-hybridized carbons (Fsp3) is 0.827. The summed E-state index contributed by atoms with van der Waals surface area (Å²) in [5, 5.41) is 11.6. The van der Waals surface area contributed by atoms with Crippen molar-refractivity contribution >= 4 is 17.9 Å². The fourth-order valence-corrected chi connectivity index (χ4v) is 7.48. The number of rotatable bonds is 45. The predicted octanol–water partition coefficient (Wildman–Crippen LogP) is 12.9. The number of ether oxygens (including phenoxy) is 3. The van der Waals surface area contributed by atoms with Crippen molar-refractivity contribution in [3.05, 3.63) is 36.5 Å². The number of nitrogens with zero attached hydrogens (tertiary/aromatic N) is 1. The largest absolute Gasteiger partial charge is 0.544 e. The summed E-state index contributed by atoms with van der Waals surface area (Å²) >= 11 is 0. The van der Waals surface area contributed by atoms with Crippen LogP contribution in [0.1, 0.15) is 226 Å². The Morgan fingerprint density at radius 1 is 0.517 bits per heavy atom. The minimum absolute atomic E-state index is 0.0347. The van der Waals surface area contributed by atoms with E-state index in [0.29, 0.717) is 12.8 Å². The summed E-state index contributed by atoms with van der Waals surface area (Å²) in [5.74, 6) is -1.75. The van der Waals surface area contributed by atoms with Gasteiger partial charge in [-0.05, 0) is 32.1 Å². The lowest BCUT2D eigenvalue weighted by Gasteiger charge is -2.34. The quantitative estimate of drug-likeness (QED) is 0.0260. The second-order valence-corrected chi connectivity index (χ2v) is 18.1. The second-order valence-electron chi connectivity index (χ2n) is 18.1. The van der Waals surface area contributed by atoms with Gasteiger partial charge in [0.2, 0.25) is 0 Å². The van der Waals surface area contributed by atoms with E-state index in [-0.39, 0.29) is 42.7 Å². The van der Waals surface area contributed by atoms with E-state index in [1.165, 1.54) is 128 Å². The lowest BCUT2D eigenvalue weighted by Crippen LogP contribution is -2.55. The Morgan fingerprint density at radius 3 is 1.37 bits per heavy atom. The maximum atomic E-state index is 12.7. The molecular formula is C52H95NO7. The Kier molecular flexibility index (Phi) is 41.4. The smallest absolute Gasteiger partial charge is 0.306 e. The zero-order valence-corrected chi connectivity index (χ0v) is 39.9. The first-order chi connectivity index (χ1) is 29.1. The molecule has 0 aliphatic heterocycles. The molecule has 0 aromatic rings. The third-order valence-corrected chi connectivity index (χ3v) is 11.4. The number of unbranched alkanes of at least 4 members (excludes halogenated alkanes) is 27. The van der Waals surface area contributed by atoms with Crippen LogP contribution in [-0.4, -0.2) is 75.5 Å². The van der Waals surface area contributed by atoms with E-state index in [1.807, 2.05) is 6.08 Å². The molecular weight excluding hydrogens is 751 g/mol. The number of carboxylic acids is 1. The van der Waals surface area contributed by atoms with Crippen molar-refractivity contribution in [1.82, 2.24) is 0 Å². The zero-order valence-electron chi connectivity index (χ0n) is 39.9. The summed E-state index contributed by atoms with van der Waals surface area (Å²) in [4.78, 5) is 36.9. The molecule has 2 unspecified atom stereocenters. The van der Waals surface area contributed by atoms with Crippen LogP contribution < -0.4 is 5.11 Å². The number of quaternary nitrogens is 1. The number of carboxylic acid groups (broad SMARTS) is 1. The first kappa shape index (κ1) is 57.5. The van der Waals surface area contributed by atoms with Crippen molar-refractivity contribution < 1.29 is 38.2 Å². The van der Waals surface area contributed by atoms with Gasteiger partial charge in [-0.25, -0.2) is 0 Å². The van der Waals surface area contributed by atoms with Gasteiger partial charge in [-0.3, -0.25) is 9.59 Å². The molecule has 0 heterocycles. The van der Waals surface area contributed by atoms with Crippen molar-refractivity contribution in [3.63, 3.8) is 0 Å². The van der Waals surface area contributed by atoms with E-state index >= 15 is 0 Å². The molecule has 8 heteroatoms. The van der Waals surface area contributed by atoms with Gasteiger partial charge in [0.25, 0.3) is 0 Å². The predicted molar refractivity (Wildman–Crippen MR) is 250 cm³/mol. The minimum Gasteiger partial charge on any atom is -0.544 e. The number of carbonyl (C=O) groups excluding carboxylic acids is 3. The summed E-state index contributed by atoms with van der Waals surface area (Å²) in [7, 11) is 5.41. The summed E-state index contributed by atoms with van der Waals surface area (Å²) in [5.41, 5.74) is 0. The van der Waals surface area contributed by atoms with Crippen molar-refractivity contribution in [2.45, 2.75) is 238 Å². The highest BCUT2D eigenvalue weighted by molar-refractivity contribution is 5.70. The van der Waals surface area contributed by atoms with Crippen LogP contribution in [0.3, 0.4) is 0 Å². The fourth-order valence-electron chi connectivity index (χ4n) is 7.48. The first-order valence-electron chi connectivity index (χ1n) is 25.0. The van der Waals surface area contributed by atoms with Crippen LogP contribution in [0.4, 0.5) is 0 Å². The molecule has 350 valence electrons. The number of allylic oxidation sites excluding steroid dienone is 6. The number of aliphatic carboxylic acids is 1. The summed E-state index contributed by atoms with van der Waals surface area (Å²) in [6, 6.07) is -0.728. The SMILES string of the molecule is CC/C=C/C=C/C=C/CCCCCCCC(=O)OC(COCCC(C(=O)[O-])[N+](C)(C)C)COC(=O)CCCCCCCCCCCCCCCCCCCCCCCCC. The zero-order chi connectivity index (χ0) is 44.2. The van der Waals surface area contributed by atoms with Crippen molar-refractivity contribution in [1.29, 1.82) is 0 Å². The Labute approximate surface area is 370 Å². The molecule has 0 bridgehead atoms. The molecule has 0 N–H and O–H groups in total. The van der Waals surface area contributed by atoms with Crippen LogP contribution in [0.5, 0.6) is 0 Å². The minimum atomic E-state index is -1.13. The van der Waals surface area contributed by atoms with Gasteiger partial charge in [0.05, 0.1) is 40.3 Å². The highest BCUT2D eigenvalue weighted by Crippen LogP contribution is 2.16. The molecule has 0 fully saturated rings. The molecule has 8 nitrogen and oxygen atoms in total. The topological polar surface area (TPSA) is 102 Å². The molecule has 0 aromatic carbocycles. The molecule has 0 radical (unpaired) electrons. The van der Waals surface area contributed by atoms with E-state index in [2.05, 4.69) is 44.2 Å². The molecule has 60 heavy (non-hydrogen) atoms. The Hall–Kier alpha value is -2.45. The van der Waals surface area contributed by atoms with Crippen LogP contribution >= 0.6 is 0 Å². The first-order valence-corrected chi connectivity index (χ1v) is 25.0. The third kappa shape index (κ3) is 40.9. The van der Waals surface area contributed by atoms with E-state index in [4.69, 9.17) is 14.2 Å². The van der Waals surface area contributed by atoms with E-state index in [0.717, 1.165) is 64.2 Å². The molecule has 0 saturated carbocycles. The molecule has 0 spiro atoms. The lowest BCUT2D eigenvalue weighted by atomic mass is 10.0. The molecule has 0 aliphatic carbocycles. The van der Waals surface area contributed by atoms with Gasteiger partial charge in [0, 0.05) is 19.3 Å². The van der Waals surface area contributed by atoms with Gasteiger partial charge in [0.1, 0.15) is 12.6 Å². The van der Waals surface area contributed by atoms with Gasteiger partial charge in [-0.2, -0.15) is 0 Å². The third-order valence-electron chi connectivity index (χ3n) is 11.4.